The first kappa shape index (κ1) is 21.3. The predicted molar refractivity (Wildman–Crippen MR) is 120 cm³/mol. The molecule has 0 bridgehead atoms. The summed E-state index contributed by atoms with van der Waals surface area (Å²) in [5.41, 5.74) is 6.42. The maximum Gasteiger partial charge on any atom is 0.258 e. The summed E-state index contributed by atoms with van der Waals surface area (Å²) in [5.74, 6) is -0.0761. The van der Waals surface area contributed by atoms with Crippen molar-refractivity contribution in [2.45, 2.75) is 32.9 Å². The molecule has 0 fully saturated rings. The number of fused-ring (bicyclic) bond motifs is 1. The number of ether oxygens (including phenoxy) is 1. The van der Waals surface area contributed by atoms with Crippen LogP contribution in [0.5, 0.6) is 5.75 Å². The van der Waals surface area contributed by atoms with Crippen molar-refractivity contribution in [2.24, 2.45) is 0 Å². The van der Waals surface area contributed by atoms with Crippen molar-refractivity contribution in [3.63, 3.8) is 0 Å². The molecule has 0 aliphatic rings. The Morgan fingerprint density at radius 1 is 1.10 bits per heavy atom. The third-order valence-electron chi connectivity index (χ3n) is 4.55. The van der Waals surface area contributed by atoms with Crippen LogP contribution >= 0.6 is 12.2 Å². The van der Waals surface area contributed by atoms with Crippen LogP contribution in [0.4, 0.5) is 0 Å². The molecule has 156 valence electrons. The standard InChI is InChI=1S/C22H24N4O3S/c1-3-15(2)29-18-9-6-8-17(13-18)21(28)23-22(30)25-24-20(27)14-26-12-11-16-7-4-5-10-19(16)26/h4-13,15H,3,14H2,1-2H3,(H,24,27)(H2,23,25,28,30). The Bertz CT molecular complexity index is 1060. The zero-order chi connectivity index (χ0) is 21.5. The number of carbonyl (C=O) groups excluding carboxylic acids is 2. The number of aromatic nitrogens is 1. The van der Waals surface area contributed by atoms with E-state index < -0.39 is 5.91 Å². The molecule has 0 saturated heterocycles. The van der Waals surface area contributed by atoms with Gasteiger partial charge in [0.1, 0.15) is 12.3 Å². The lowest BCUT2D eigenvalue weighted by Crippen LogP contribution is -2.49. The number of hydrogen-bond acceptors (Lipinski definition) is 4. The Kier molecular flexibility index (Phi) is 7.03. The van der Waals surface area contributed by atoms with Crippen LogP contribution < -0.4 is 20.9 Å². The number of para-hydroxylation sites is 1. The Morgan fingerprint density at radius 3 is 2.70 bits per heavy atom. The van der Waals surface area contributed by atoms with E-state index in [9.17, 15) is 9.59 Å². The largest absolute Gasteiger partial charge is 0.491 e. The molecule has 0 saturated carbocycles. The minimum atomic E-state index is -0.396. The number of hydrogen-bond donors (Lipinski definition) is 3. The number of nitrogens with one attached hydrogen (secondary N) is 3. The molecule has 2 aromatic carbocycles. The topological polar surface area (TPSA) is 84.4 Å². The zero-order valence-electron chi connectivity index (χ0n) is 16.8. The van der Waals surface area contributed by atoms with Crippen LogP contribution in [0.15, 0.2) is 60.8 Å². The Labute approximate surface area is 180 Å². The number of benzene rings is 2. The predicted octanol–water partition coefficient (Wildman–Crippen LogP) is 3.15. The summed E-state index contributed by atoms with van der Waals surface area (Å²) in [7, 11) is 0. The summed E-state index contributed by atoms with van der Waals surface area (Å²) in [4.78, 5) is 24.6. The average Bonchev–Trinajstić information content (AvgIpc) is 3.15. The number of amides is 2. The fourth-order valence-corrected chi connectivity index (χ4v) is 2.98. The number of hydrazine groups is 1. The van der Waals surface area contributed by atoms with Crippen LogP contribution in [0.2, 0.25) is 0 Å². The molecule has 1 aromatic heterocycles. The van der Waals surface area contributed by atoms with Crippen molar-refractivity contribution in [3.8, 4) is 5.75 Å². The summed E-state index contributed by atoms with van der Waals surface area (Å²) in [6.07, 6.45) is 2.76. The SMILES string of the molecule is CCC(C)Oc1cccc(C(=O)NC(=S)NNC(=O)Cn2ccc3ccccc32)c1. The lowest BCUT2D eigenvalue weighted by atomic mass is 10.2. The fraction of sp³-hybridized carbons (Fsp3) is 0.227. The van der Waals surface area contributed by atoms with Gasteiger partial charge in [-0.3, -0.25) is 25.8 Å². The first-order chi connectivity index (χ1) is 14.5. The summed E-state index contributed by atoms with van der Waals surface area (Å²) in [6, 6.07) is 16.6. The molecule has 0 radical (unpaired) electrons. The van der Waals surface area contributed by atoms with Gasteiger partial charge in [-0.25, -0.2) is 0 Å². The molecule has 3 rings (SSSR count). The Balaban J connectivity index is 1.50. The van der Waals surface area contributed by atoms with Gasteiger partial charge >= 0.3 is 0 Å². The number of thiocarbonyl (C=S) groups is 1. The lowest BCUT2D eigenvalue weighted by Gasteiger charge is -2.14. The highest BCUT2D eigenvalue weighted by Gasteiger charge is 2.11. The van der Waals surface area contributed by atoms with Crippen molar-refractivity contribution in [1.29, 1.82) is 0 Å². The van der Waals surface area contributed by atoms with E-state index in [2.05, 4.69) is 16.2 Å². The van der Waals surface area contributed by atoms with Crippen LogP contribution in [0, 0.1) is 0 Å². The second-order valence-electron chi connectivity index (χ2n) is 6.82. The molecule has 0 aliphatic heterocycles. The Hall–Kier alpha value is -3.39. The van der Waals surface area contributed by atoms with Crippen LogP contribution in [0.25, 0.3) is 10.9 Å². The molecular formula is C22H24N4O3S. The molecule has 1 heterocycles. The quantitative estimate of drug-likeness (QED) is 0.418. The highest BCUT2D eigenvalue weighted by atomic mass is 32.1. The van der Waals surface area contributed by atoms with Gasteiger partial charge in [-0.05, 0) is 61.3 Å². The number of nitrogens with zero attached hydrogens (tertiary/aromatic N) is 1. The van der Waals surface area contributed by atoms with E-state index in [4.69, 9.17) is 17.0 Å². The van der Waals surface area contributed by atoms with E-state index in [0.717, 1.165) is 17.3 Å². The van der Waals surface area contributed by atoms with Crippen LogP contribution in [0.3, 0.4) is 0 Å². The number of rotatable bonds is 6. The van der Waals surface area contributed by atoms with Gasteiger partial charge in [-0.1, -0.05) is 31.2 Å². The molecule has 1 atom stereocenters. The second kappa shape index (κ2) is 9.89. The van der Waals surface area contributed by atoms with E-state index in [1.54, 1.807) is 24.3 Å². The van der Waals surface area contributed by atoms with Crippen molar-refractivity contribution in [3.05, 3.63) is 66.4 Å². The molecular weight excluding hydrogens is 400 g/mol. The van der Waals surface area contributed by atoms with E-state index in [-0.39, 0.29) is 23.7 Å². The number of carbonyl (C=O) groups is 2. The van der Waals surface area contributed by atoms with Gasteiger partial charge in [0.15, 0.2) is 5.11 Å². The average molecular weight is 425 g/mol. The van der Waals surface area contributed by atoms with Gasteiger partial charge in [0.05, 0.1) is 6.10 Å². The fourth-order valence-electron chi connectivity index (χ4n) is 2.83. The molecule has 3 N–H and O–H groups in total. The van der Waals surface area contributed by atoms with Crippen molar-refractivity contribution in [1.82, 2.24) is 20.7 Å². The van der Waals surface area contributed by atoms with E-state index >= 15 is 0 Å². The zero-order valence-corrected chi connectivity index (χ0v) is 17.7. The van der Waals surface area contributed by atoms with Gasteiger partial charge < -0.3 is 9.30 Å². The monoisotopic (exact) mass is 424 g/mol. The highest BCUT2D eigenvalue weighted by molar-refractivity contribution is 7.80. The molecule has 2 amide bonds. The molecule has 7 nitrogen and oxygen atoms in total. The molecule has 3 aromatic rings. The maximum absolute atomic E-state index is 12.4. The molecule has 0 aliphatic carbocycles. The minimum absolute atomic E-state index is 0.000961. The van der Waals surface area contributed by atoms with E-state index in [0.29, 0.717) is 11.3 Å². The third kappa shape index (κ3) is 5.57. The highest BCUT2D eigenvalue weighted by Crippen LogP contribution is 2.16. The van der Waals surface area contributed by atoms with Gasteiger partial charge in [0.25, 0.3) is 11.8 Å². The van der Waals surface area contributed by atoms with Crippen molar-refractivity contribution < 1.29 is 14.3 Å². The third-order valence-corrected chi connectivity index (χ3v) is 4.75. The van der Waals surface area contributed by atoms with E-state index in [1.165, 1.54) is 0 Å². The smallest absolute Gasteiger partial charge is 0.258 e. The van der Waals surface area contributed by atoms with Crippen molar-refractivity contribution in [2.75, 3.05) is 0 Å². The first-order valence-corrected chi connectivity index (χ1v) is 10.1. The summed E-state index contributed by atoms with van der Waals surface area (Å²) in [6.45, 7) is 4.11. The summed E-state index contributed by atoms with van der Waals surface area (Å²) >= 11 is 5.10. The molecule has 8 heteroatoms. The minimum Gasteiger partial charge on any atom is -0.491 e. The Morgan fingerprint density at radius 2 is 1.90 bits per heavy atom. The summed E-state index contributed by atoms with van der Waals surface area (Å²) in [5, 5.41) is 3.59. The van der Waals surface area contributed by atoms with Gasteiger partial charge in [0, 0.05) is 17.3 Å². The van der Waals surface area contributed by atoms with Crippen LogP contribution in [-0.4, -0.2) is 27.6 Å². The van der Waals surface area contributed by atoms with Gasteiger partial charge in [0.2, 0.25) is 0 Å². The normalized spacial score (nSPS) is 11.5. The molecule has 1 unspecified atom stereocenters. The second-order valence-corrected chi connectivity index (χ2v) is 7.23. The van der Waals surface area contributed by atoms with Crippen LogP contribution in [0.1, 0.15) is 30.6 Å². The molecule has 0 spiro atoms. The van der Waals surface area contributed by atoms with Gasteiger partial charge in [-0.2, -0.15) is 0 Å². The van der Waals surface area contributed by atoms with Crippen molar-refractivity contribution >= 4 is 40.0 Å². The molecule has 30 heavy (non-hydrogen) atoms. The first-order valence-electron chi connectivity index (χ1n) is 9.67. The van der Waals surface area contributed by atoms with Crippen LogP contribution in [-0.2, 0) is 11.3 Å². The lowest BCUT2D eigenvalue weighted by molar-refractivity contribution is -0.122. The van der Waals surface area contributed by atoms with E-state index in [1.807, 2.05) is 54.9 Å². The summed E-state index contributed by atoms with van der Waals surface area (Å²) < 4.78 is 7.56. The van der Waals surface area contributed by atoms with Gasteiger partial charge in [-0.15, -0.1) is 0 Å². The maximum atomic E-state index is 12.4.